The van der Waals surface area contributed by atoms with Crippen molar-refractivity contribution >= 4 is 6.09 Å². The number of carbonyl (C=O) groups excluding carboxylic acids is 1. The highest BCUT2D eigenvalue weighted by molar-refractivity contribution is 5.68. The van der Waals surface area contributed by atoms with Crippen molar-refractivity contribution in [1.82, 2.24) is 25.0 Å². The van der Waals surface area contributed by atoms with E-state index in [-0.39, 0.29) is 12.1 Å². The van der Waals surface area contributed by atoms with E-state index < -0.39 is 5.60 Å². The molecule has 0 radical (unpaired) electrons. The number of ether oxygens (including phenoxy) is 1. The molecule has 1 aromatic rings. The van der Waals surface area contributed by atoms with Crippen LogP contribution in [0.2, 0.25) is 0 Å². The molecule has 3 heterocycles. The van der Waals surface area contributed by atoms with E-state index in [9.17, 15) is 4.79 Å². The summed E-state index contributed by atoms with van der Waals surface area (Å²) in [7, 11) is 0. The van der Waals surface area contributed by atoms with Crippen LogP contribution in [0.1, 0.15) is 57.7 Å². The summed E-state index contributed by atoms with van der Waals surface area (Å²) >= 11 is 0. The maximum atomic E-state index is 12.6. The monoisotopic (exact) mass is 321 g/mol. The molecule has 128 valence electrons. The molecular formula is C16H27N5O2. The molecule has 1 unspecified atom stereocenters. The fourth-order valence-electron chi connectivity index (χ4n) is 3.28. The smallest absolute Gasteiger partial charge is 0.410 e. The molecule has 0 saturated carbocycles. The van der Waals surface area contributed by atoms with Crippen LogP contribution in [0.25, 0.3) is 0 Å². The number of piperidine rings is 1. The zero-order valence-corrected chi connectivity index (χ0v) is 14.3. The molecule has 0 aromatic carbocycles. The van der Waals surface area contributed by atoms with Crippen molar-refractivity contribution in [2.75, 3.05) is 19.6 Å². The summed E-state index contributed by atoms with van der Waals surface area (Å²) in [5.74, 6) is 1.92. The minimum Gasteiger partial charge on any atom is -0.444 e. The average molecular weight is 321 g/mol. The lowest BCUT2D eigenvalue weighted by Crippen LogP contribution is -2.42. The van der Waals surface area contributed by atoms with E-state index in [0.29, 0.717) is 0 Å². The number of rotatable bonds is 1. The number of fused-ring (bicyclic) bond motifs is 1. The molecule has 2 aliphatic rings. The Balaban J connectivity index is 1.84. The lowest BCUT2D eigenvalue weighted by molar-refractivity contribution is 0.00798. The van der Waals surface area contributed by atoms with Crippen molar-refractivity contribution in [2.24, 2.45) is 0 Å². The molecule has 1 atom stereocenters. The highest BCUT2D eigenvalue weighted by Gasteiger charge is 2.35. The maximum Gasteiger partial charge on any atom is 0.410 e. The second-order valence-electron chi connectivity index (χ2n) is 7.31. The van der Waals surface area contributed by atoms with Crippen molar-refractivity contribution in [3.8, 4) is 0 Å². The van der Waals surface area contributed by atoms with Gasteiger partial charge in [-0.05, 0) is 40.0 Å². The molecule has 1 aromatic heterocycles. The summed E-state index contributed by atoms with van der Waals surface area (Å²) in [4.78, 5) is 14.4. The first-order valence-corrected chi connectivity index (χ1v) is 8.58. The topological polar surface area (TPSA) is 72.3 Å². The largest absolute Gasteiger partial charge is 0.444 e. The number of likely N-dealkylation sites (tertiary alicyclic amines) is 1. The summed E-state index contributed by atoms with van der Waals surface area (Å²) in [5, 5.41) is 12.2. The minimum absolute atomic E-state index is 0.0297. The van der Waals surface area contributed by atoms with Gasteiger partial charge in [-0.25, -0.2) is 4.79 Å². The van der Waals surface area contributed by atoms with Crippen LogP contribution in [-0.4, -0.2) is 51.0 Å². The Morgan fingerprint density at radius 3 is 2.83 bits per heavy atom. The molecule has 0 bridgehead atoms. The van der Waals surface area contributed by atoms with Gasteiger partial charge in [0.15, 0.2) is 5.82 Å². The Hall–Kier alpha value is -1.63. The van der Waals surface area contributed by atoms with Crippen LogP contribution in [0.3, 0.4) is 0 Å². The molecule has 7 nitrogen and oxygen atoms in total. The average Bonchev–Trinajstić information content (AvgIpc) is 2.74. The van der Waals surface area contributed by atoms with Crippen LogP contribution in [0.15, 0.2) is 0 Å². The predicted molar refractivity (Wildman–Crippen MR) is 86.1 cm³/mol. The highest BCUT2D eigenvalue weighted by Crippen LogP contribution is 2.31. The van der Waals surface area contributed by atoms with Gasteiger partial charge in [0.05, 0.1) is 6.04 Å². The van der Waals surface area contributed by atoms with Gasteiger partial charge in [-0.3, -0.25) is 4.90 Å². The third kappa shape index (κ3) is 3.65. The summed E-state index contributed by atoms with van der Waals surface area (Å²) < 4.78 is 7.78. The molecule has 1 fully saturated rings. The Morgan fingerprint density at radius 2 is 2.04 bits per heavy atom. The van der Waals surface area contributed by atoms with Gasteiger partial charge < -0.3 is 14.6 Å². The Labute approximate surface area is 137 Å². The van der Waals surface area contributed by atoms with Crippen LogP contribution in [0.4, 0.5) is 4.79 Å². The van der Waals surface area contributed by atoms with Gasteiger partial charge in [0.2, 0.25) is 0 Å². The van der Waals surface area contributed by atoms with E-state index >= 15 is 0 Å². The number of carbonyl (C=O) groups is 1. The Morgan fingerprint density at radius 1 is 1.22 bits per heavy atom. The number of hydrogen-bond acceptors (Lipinski definition) is 5. The Bertz CT molecular complexity index is 563. The first-order valence-electron chi connectivity index (χ1n) is 8.58. The zero-order chi connectivity index (χ0) is 16.4. The van der Waals surface area contributed by atoms with Crippen molar-refractivity contribution in [3.63, 3.8) is 0 Å². The first-order chi connectivity index (χ1) is 11.0. The maximum absolute atomic E-state index is 12.6. The van der Waals surface area contributed by atoms with Gasteiger partial charge >= 0.3 is 6.09 Å². The van der Waals surface area contributed by atoms with E-state index in [1.807, 2.05) is 25.7 Å². The lowest BCUT2D eigenvalue weighted by Gasteiger charge is -2.36. The summed E-state index contributed by atoms with van der Waals surface area (Å²) in [6.45, 7) is 9.13. The minimum atomic E-state index is -0.481. The molecule has 0 aliphatic carbocycles. The zero-order valence-electron chi connectivity index (χ0n) is 14.3. The van der Waals surface area contributed by atoms with Gasteiger partial charge in [0.1, 0.15) is 11.4 Å². The summed E-state index contributed by atoms with van der Waals surface area (Å²) in [6.07, 6.45) is 3.67. The fourth-order valence-corrected chi connectivity index (χ4v) is 3.28. The summed E-state index contributed by atoms with van der Waals surface area (Å²) in [6, 6.07) is -0.0297. The lowest BCUT2D eigenvalue weighted by atomic mass is 10.0. The molecule has 3 rings (SSSR count). The van der Waals surface area contributed by atoms with Crippen molar-refractivity contribution in [1.29, 1.82) is 0 Å². The van der Waals surface area contributed by atoms with E-state index in [1.165, 1.54) is 0 Å². The van der Waals surface area contributed by atoms with Gasteiger partial charge in [0, 0.05) is 32.6 Å². The third-order valence-corrected chi connectivity index (χ3v) is 4.32. The number of hydrogen-bond donors (Lipinski definition) is 1. The van der Waals surface area contributed by atoms with E-state index in [2.05, 4.69) is 20.1 Å². The van der Waals surface area contributed by atoms with Gasteiger partial charge in [-0.1, -0.05) is 0 Å². The highest BCUT2D eigenvalue weighted by atomic mass is 16.6. The molecule has 0 spiro atoms. The van der Waals surface area contributed by atoms with Crippen LogP contribution < -0.4 is 5.32 Å². The van der Waals surface area contributed by atoms with Gasteiger partial charge in [-0.15, -0.1) is 10.2 Å². The second-order valence-corrected chi connectivity index (χ2v) is 7.31. The van der Waals surface area contributed by atoms with Crippen LogP contribution >= 0.6 is 0 Å². The fraction of sp³-hybridized carbons (Fsp3) is 0.812. The number of nitrogens with zero attached hydrogens (tertiary/aromatic N) is 4. The Kier molecular flexibility index (Phi) is 4.57. The van der Waals surface area contributed by atoms with Gasteiger partial charge in [0.25, 0.3) is 0 Å². The number of amides is 1. The molecule has 1 saturated heterocycles. The second kappa shape index (κ2) is 6.47. The van der Waals surface area contributed by atoms with Crippen molar-refractivity contribution < 1.29 is 9.53 Å². The molecule has 2 aliphatic heterocycles. The molecule has 1 N–H and O–H groups in total. The van der Waals surface area contributed by atoms with E-state index in [1.54, 1.807) is 0 Å². The molecular weight excluding hydrogens is 294 g/mol. The number of nitrogens with one attached hydrogen (secondary N) is 1. The SMILES string of the molecule is CC(C)(C)OC(=O)N1CCCCC1c1nnc2n1CCNCC2. The standard InChI is InChI=1S/C16H27N5O2/c1-16(2,3)23-15(22)20-10-5-4-6-12(20)14-19-18-13-7-8-17-9-11-21(13)14/h12,17H,4-11H2,1-3H3. The third-order valence-electron chi connectivity index (χ3n) is 4.32. The van der Waals surface area contributed by atoms with Crippen LogP contribution in [0, 0.1) is 0 Å². The number of aromatic nitrogens is 3. The predicted octanol–water partition coefficient (Wildman–Crippen LogP) is 1.89. The van der Waals surface area contributed by atoms with Crippen molar-refractivity contribution in [3.05, 3.63) is 11.6 Å². The van der Waals surface area contributed by atoms with Crippen molar-refractivity contribution in [2.45, 2.75) is 64.6 Å². The molecule has 7 heteroatoms. The normalized spacial score (nSPS) is 22.4. The van der Waals surface area contributed by atoms with Gasteiger partial charge in [-0.2, -0.15) is 0 Å². The van der Waals surface area contributed by atoms with E-state index in [0.717, 1.165) is 63.5 Å². The quantitative estimate of drug-likeness (QED) is 0.855. The first kappa shape index (κ1) is 16.2. The van der Waals surface area contributed by atoms with Crippen LogP contribution in [-0.2, 0) is 17.7 Å². The summed E-state index contributed by atoms with van der Waals surface area (Å²) in [5.41, 5.74) is -0.481. The molecule has 23 heavy (non-hydrogen) atoms. The van der Waals surface area contributed by atoms with E-state index in [4.69, 9.17) is 4.74 Å². The molecule has 1 amide bonds. The van der Waals surface area contributed by atoms with Crippen LogP contribution in [0.5, 0.6) is 0 Å².